The Hall–Kier alpha value is -3.13. The number of carbonyl (C=O) groups is 2. The number of amides is 1. The molecule has 2 aromatic rings. The minimum Gasteiger partial charge on any atom is -0.371 e. The molecular formula is C25H27N3O2. The molecule has 2 fully saturated rings. The highest BCUT2D eigenvalue weighted by Crippen LogP contribution is 2.36. The molecule has 5 heteroatoms. The summed E-state index contributed by atoms with van der Waals surface area (Å²) in [6.07, 6.45) is 3.92. The van der Waals surface area contributed by atoms with Crippen molar-refractivity contribution in [3.8, 4) is 6.07 Å². The first-order valence-electron chi connectivity index (χ1n) is 10.7. The highest BCUT2D eigenvalue weighted by molar-refractivity contribution is 5.79. The van der Waals surface area contributed by atoms with Gasteiger partial charge < -0.3 is 9.80 Å². The fraction of sp³-hybridized carbons (Fsp3) is 0.400. The second-order valence-corrected chi connectivity index (χ2v) is 8.36. The smallest absolute Gasteiger partial charge is 0.225 e. The van der Waals surface area contributed by atoms with Gasteiger partial charge in [0.1, 0.15) is 6.29 Å². The van der Waals surface area contributed by atoms with E-state index in [2.05, 4.69) is 11.0 Å². The number of benzene rings is 2. The maximum atomic E-state index is 13.1. The molecule has 0 saturated carbocycles. The third-order valence-electron chi connectivity index (χ3n) is 6.71. The van der Waals surface area contributed by atoms with E-state index < -0.39 is 5.41 Å². The van der Waals surface area contributed by atoms with Gasteiger partial charge in [-0.3, -0.25) is 9.59 Å². The fourth-order valence-corrected chi connectivity index (χ4v) is 4.74. The van der Waals surface area contributed by atoms with Crippen molar-refractivity contribution in [3.63, 3.8) is 0 Å². The second kappa shape index (κ2) is 8.71. The Morgan fingerprint density at radius 2 is 1.60 bits per heavy atom. The van der Waals surface area contributed by atoms with E-state index in [9.17, 15) is 14.9 Å². The molecule has 2 heterocycles. The predicted molar refractivity (Wildman–Crippen MR) is 116 cm³/mol. The number of hydrogen-bond acceptors (Lipinski definition) is 4. The van der Waals surface area contributed by atoms with Crippen LogP contribution in [0.25, 0.3) is 0 Å². The number of hydrogen-bond donors (Lipinski definition) is 0. The number of piperidine rings is 2. The zero-order chi connectivity index (χ0) is 21.0. The summed E-state index contributed by atoms with van der Waals surface area (Å²) in [6, 6.07) is 20.1. The minimum atomic E-state index is -0.477. The Kier molecular flexibility index (Phi) is 5.85. The number of carbonyl (C=O) groups excluding carboxylic acids is 2. The van der Waals surface area contributed by atoms with Crippen LogP contribution in [-0.2, 0) is 10.2 Å². The first-order valence-corrected chi connectivity index (χ1v) is 10.7. The molecule has 0 bridgehead atoms. The molecule has 2 aliphatic heterocycles. The molecule has 2 saturated heterocycles. The Bertz CT molecular complexity index is 917. The fourth-order valence-electron chi connectivity index (χ4n) is 4.74. The summed E-state index contributed by atoms with van der Waals surface area (Å²) < 4.78 is 0. The molecule has 0 aliphatic carbocycles. The van der Waals surface area contributed by atoms with E-state index in [0.717, 1.165) is 43.5 Å². The number of rotatable bonds is 4. The van der Waals surface area contributed by atoms with Crippen LogP contribution < -0.4 is 4.90 Å². The topological polar surface area (TPSA) is 64.4 Å². The van der Waals surface area contributed by atoms with Crippen molar-refractivity contribution >= 4 is 17.9 Å². The maximum absolute atomic E-state index is 13.1. The van der Waals surface area contributed by atoms with Gasteiger partial charge in [-0.15, -0.1) is 0 Å². The third-order valence-corrected chi connectivity index (χ3v) is 6.71. The Balaban J connectivity index is 1.33. The van der Waals surface area contributed by atoms with E-state index in [0.29, 0.717) is 31.5 Å². The lowest BCUT2D eigenvalue weighted by Crippen LogP contribution is -2.48. The van der Waals surface area contributed by atoms with E-state index in [1.165, 1.54) is 0 Å². The Labute approximate surface area is 177 Å². The largest absolute Gasteiger partial charge is 0.371 e. The van der Waals surface area contributed by atoms with Gasteiger partial charge in [-0.2, -0.15) is 5.26 Å². The van der Waals surface area contributed by atoms with E-state index in [1.54, 1.807) is 0 Å². The number of nitrogens with zero attached hydrogens (tertiary/aromatic N) is 3. The average Bonchev–Trinajstić information content (AvgIpc) is 2.84. The van der Waals surface area contributed by atoms with E-state index >= 15 is 0 Å². The maximum Gasteiger partial charge on any atom is 0.225 e. The minimum absolute atomic E-state index is 0.0572. The van der Waals surface area contributed by atoms with Crippen LogP contribution in [0.5, 0.6) is 0 Å². The predicted octanol–water partition coefficient (Wildman–Crippen LogP) is 3.80. The molecule has 1 amide bonds. The lowest BCUT2D eigenvalue weighted by atomic mass is 9.74. The first kappa shape index (κ1) is 20.2. The molecule has 154 valence electrons. The molecule has 0 radical (unpaired) electrons. The van der Waals surface area contributed by atoms with Crippen LogP contribution in [0.1, 0.15) is 41.6 Å². The lowest BCUT2D eigenvalue weighted by molar-refractivity contribution is -0.137. The average molecular weight is 402 g/mol. The van der Waals surface area contributed by atoms with Crippen LogP contribution in [0.3, 0.4) is 0 Å². The second-order valence-electron chi connectivity index (χ2n) is 8.36. The molecule has 5 nitrogen and oxygen atoms in total. The van der Waals surface area contributed by atoms with Crippen molar-refractivity contribution in [2.45, 2.75) is 31.1 Å². The van der Waals surface area contributed by atoms with Gasteiger partial charge in [0.05, 0.1) is 11.5 Å². The zero-order valence-corrected chi connectivity index (χ0v) is 17.2. The van der Waals surface area contributed by atoms with Gasteiger partial charge in [-0.05, 0) is 55.5 Å². The summed E-state index contributed by atoms with van der Waals surface area (Å²) in [6.45, 7) is 2.98. The molecule has 0 spiro atoms. The Morgan fingerprint density at radius 3 is 2.17 bits per heavy atom. The summed E-state index contributed by atoms with van der Waals surface area (Å²) in [5.41, 5.74) is 2.37. The molecule has 4 rings (SSSR count). The summed E-state index contributed by atoms with van der Waals surface area (Å²) in [5, 5.41) is 9.86. The van der Waals surface area contributed by atoms with Gasteiger partial charge in [-0.1, -0.05) is 30.3 Å². The van der Waals surface area contributed by atoms with Crippen molar-refractivity contribution in [1.82, 2.24) is 4.90 Å². The molecule has 2 aromatic carbocycles. The van der Waals surface area contributed by atoms with Crippen LogP contribution in [-0.4, -0.2) is 43.3 Å². The molecule has 0 aromatic heterocycles. The highest BCUT2D eigenvalue weighted by Gasteiger charge is 2.39. The van der Waals surface area contributed by atoms with Crippen molar-refractivity contribution < 1.29 is 9.59 Å². The number of aldehydes is 1. The first-order chi connectivity index (χ1) is 14.6. The number of anilines is 1. The van der Waals surface area contributed by atoms with Crippen LogP contribution in [0.2, 0.25) is 0 Å². The van der Waals surface area contributed by atoms with E-state index in [4.69, 9.17) is 0 Å². The number of nitriles is 1. The van der Waals surface area contributed by atoms with Crippen LogP contribution in [0.15, 0.2) is 54.6 Å². The summed E-state index contributed by atoms with van der Waals surface area (Å²) >= 11 is 0. The van der Waals surface area contributed by atoms with Crippen molar-refractivity contribution in [2.75, 3.05) is 31.1 Å². The molecular weight excluding hydrogens is 374 g/mol. The standard InChI is InChI=1S/C25H27N3O2/c26-19-25(22-4-2-1-3-5-22)12-16-28(17-13-25)24(30)21-10-14-27(15-11-21)23-8-6-20(18-29)7-9-23/h1-9,18,21H,10-17H2. The van der Waals surface area contributed by atoms with Crippen LogP contribution in [0, 0.1) is 17.2 Å². The third kappa shape index (κ3) is 3.95. The van der Waals surface area contributed by atoms with Gasteiger partial charge >= 0.3 is 0 Å². The lowest BCUT2D eigenvalue weighted by Gasteiger charge is -2.40. The van der Waals surface area contributed by atoms with Gasteiger partial charge in [-0.25, -0.2) is 0 Å². The number of likely N-dealkylation sites (tertiary alicyclic amines) is 1. The van der Waals surface area contributed by atoms with Gasteiger partial charge in [0.15, 0.2) is 0 Å². The van der Waals surface area contributed by atoms with E-state index in [-0.39, 0.29) is 11.8 Å². The molecule has 0 atom stereocenters. The summed E-state index contributed by atoms with van der Waals surface area (Å²) in [5.74, 6) is 0.298. The molecule has 30 heavy (non-hydrogen) atoms. The van der Waals surface area contributed by atoms with Gasteiger partial charge in [0.25, 0.3) is 0 Å². The van der Waals surface area contributed by atoms with Gasteiger partial charge in [0, 0.05) is 43.3 Å². The van der Waals surface area contributed by atoms with Crippen molar-refractivity contribution in [2.24, 2.45) is 5.92 Å². The summed E-state index contributed by atoms with van der Waals surface area (Å²) in [7, 11) is 0. The quantitative estimate of drug-likeness (QED) is 0.731. The van der Waals surface area contributed by atoms with Crippen LogP contribution in [0.4, 0.5) is 5.69 Å². The Morgan fingerprint density at radius 1 is 0.967 bits per heavy atom. The van der Waals surface area contributed by atoms with Crippen LogP contribution >= 0.6 is 0 Å². The van der Waals surface area contributed by atoms with Gasteiger partial charge in [0.2, 0.25) is 5.91 Å². The van der Waals surface area contributed by atoms with Crippen molar-refractivity contribution in [1.29, 1.82) is 5.26 Å². The monoisotopic (exact) mass is 401 g/mol. The molecule has 0 unspecified atom stereocenters. The SMILES string of the molecule is N#CC1(c2ccccc2)CCN(C(=O)C2CCN(c3ccc(C=O)cc3)CC2)CC1. The van der Waals surface area contributed by atoms with Crippen molar-refractivity contribution in [3.05, 3.63) is 65.7 Å². The zero-order valence-electron chi connectivity index (χ0n) is 17.2. The summed E-state index contributed by atoms with van der Waals surface area (Å²) in [4.78, 5) is 28.2. The normalized spacial score (nSPS) is 19.2. The highest BCUT2D eigenvalue weighted by atomic mass is 16.2. The van der Waals surface area contributed by atoms with E-state index in [1.807, 2.05) is 59.5 Å². The molecule has 0 N–H and O–H groups in total. The molecule has 2 aliphatic rings.